The fourth-order valence-corrected chi connectivity index (χ4v) is 4.01. The number of ether oxygens (including phenoxy) is 1. The Bertz CT molecular complexity index is 1170. The highest BCUT2D eigenvalue weighted by molar-refractivity contribution is 5.84. The summed E-state index contributed by atoms with van der Waals surface area (Å²) in [5.41, 5.74) is 3.42. The first-order chi connectivity index (χ1) is 15.3. The Balaban J connectivity index is 1.60. The van der Waals surface area contributed by atoms with E-state index in [-0.39, 0.29) is 18.1 Å². The topological polar surface area (TPSA) is 88.7 Å². The molecule has 5 rings (SSSR count). The number of fused-ring (bicyclic) bond motifs is 1. The summed E-state index contributed by atoms with van der Waals surface area (Å²) in [5.74, 6) is 0.640. The summed E-state index contributed by atoms with van der Waals surface area (Å²) in [6, 6.07) is 22.3. The smallest absolute Gasteiger partial charge is 0.236 e. The molecule has 7 nitrogen and oxygen atoms in total. The van der Waals surface area contributed by atoms with Crippen LogP contribution in [0.15, 0.2) is 67.0 Å². The number of anilines is 1. The van der Waals surface area contributed by atoms with Crippen LogP contribution in [0, 0.1) is 11.3 Å². The summed E-state index contributed by atoms with van der Waals surface area (Å²) >= 11 is 0. The molecule has 2 aromatic carbocycles. The van der Waals surface area contributed by atoms with Gasteiger partial charge in [0.05, 0.1) is 12.4 Å². The van der Waals surface area contributed by atoms with Crippen LogP contribution >= 0.6 is 0 Å². The van der Waals surface area contributed by atoms with Crippen LogP contribution in [0.1, 0.15) is 48.5 Å². The zero-order valence-electron chi connectivity index (χ0n) is 17.0. The number of hydrogen-bond acceptors (Lipinski definition) is 6. The minimum atomic E-state index is -0.150. The summed E-state index contributed by atoms with van der Waals surface area (Å²) < 4.78 is 7.84. The molecule has 0 amide bonds. The third-order valence-electron chi connectivity index (χ3n) is 5.53. The van der Waals surface area contributed by atoms with Crippen LogP contribution < -0.4 is 5.32 Å². The second kappa shape index (κ2) is 8.54. The largest absolute Gasteiger partial charge is 0.358 e. The maximum Gasteiger partial charge on any atom is 0.236 e. The fourth-order valence-electron chi connectivity index (χ4n) is 4.01. The van der Waals surface area contributed by atoms with Crippen LogP contribution in [0.4, 0.5) is 5.82 Å². The van der Waals surface area contributed by atoms with Crippen molar-refractivity contribution in [3.63, 3.8) is 0 Å². The minimum Gasteiger partial charge on any atom is -0.358 e. The summed E-state index contributed by atoms with van der Waals surface area (Å²) in [6.07, 6.45) is 4.67. The molecule has 0 aliphatic carbocycles. The second-order valence-electron chi connectivity index (χ2n) is 7.55. The molecule has 1 unspecified atom stereocenters. The van der Waals surface area contributed by atoms with Gasteiger partial charge in [0.15, 0.2) is 17.0 Å². The summed E-state index contributed by atoms with van der Waals surface area (Å²) in [6.45, 7) is 0.718. The van der Waals surface area contributed by atoms with Gasteiger partial charge < -0.3 is 10.1 Å². The quantitative estimate of drug-likeness (QED) is 0.517. The Labute approximate surface area is 180 Å². The van der Waals surface area contributed by atoms with E-state index in [2.05, 4.69) is 50.6 Å². The summed E-state index contributed by atoms with van der Waals surface area (Å²) in [5, 5.41) is 13.1. The van der Waals surface area contributed by atoms with E-state index in [1.807, 2.05) is 41.0 Å². The van der Waals surface area contributed by atoms with Crippen molar-refractivity contribution in [1.82, 2.24) is 19.5 Å². The van der Waals surface area contributed by atoms with Crippen molar-refractivity contribution in [3.8, 4) is 6.07 Å². The molecule has 0 radical (unpaired) electrons. The molecule has 0 bridgehead atoms. The van der Waals surface area contributed by atoms with Crippen molar-refractivity contribution in [3.05, 3.63) is 83.9 Å². The van der Waals surface area contributed by atoms with Gasteiger partial charge in [0.25, 0.3) is 0 Å². The lowest BCUT2D eigenvalue weighted by Crippen LogP contribution is -2.18. The summed E-state index contributed by atoms with van der Waals surface area (Å²) in [4.78, 5) is 13.5. The molecule has 31 heavy (non-hydrogen) atoms. The van der Waals surface area contributed by atoms with Crippen LogP contribution in [-0.2, 0) is 4.74 Å². The minimum absolute atomic E-state index is 0.104. The van der Waals surface area contributed by atoms with Crippen LogP contribution in [0.3, 0.4) is 0 Å². The molecule has 7 heteroatoms. The third-order valence-corrected chi connectivity index (χ3v) is 5.53. The van der Waals surface area contributed by atoms with E-state index in [1.165, 1.54) is 0 Å². The molecule has 1 fully saturated rings. The van der Waals surface area contributed by atoms with Crippen LogP contribution in [-0.4, -0.2) is 26.1 Å². The van der Waals surface area contributed by atoms with E-state index in [4.69, 9.17) is 4.74 Å². The maximum atomic E-state index is 9.56. The Morgan fingerprint density at radius 3 is 2.32 bits per heavy atom. The molecule has 1 aliphatic heterocycles. The molecule has 1 saturated heterocycles. The van der Waals surface area contributed by atoms with E-state index in [9.17, 15) is 5.26 Å². The number of imidazole rings is 1. The zero-order chi connectivity index (χ0) is 21.0. The van der Waals surface area contributed by atoms with Crippen molar-refractivity contribution in [2.75, 3.05) is 11.9 Å². The SMILES string of the molecule is N#Cc1nc(NC(c2ccccc2)c2ccccc2)c2ncn(C3CCCCO3)c2n1. The lowest BCUT2D eigenvalue weighted by atomic mass is 9.99. The average Bonchev–Trinajstić information content (AvgIpc) is 3.28. The number of rotatable bonds is 5. The van der Waals surface area contributed by atoms with Gasteiger partial charge in [-0.2, -0.15) is 15.2 Å². The van der Waals surface area contributed by atoms with Gasteiger partial charge in [0.2, 0.25) is 5.82 Å². The number of aromatic nitrogens is 4. The molecule has 1 aliphatic rings. The molecular formula is C24H22N6O. The highest BCUT2D eigenvalue weighted by atomic mass is 16.5. The number of nitrogens with one attached hydrogen (secondary N) is 1. The second-order valence-corrected chi connectivity index (χ2v) is 7.55. The number of nitrogens with zero attached hydrogens (tertiary/aromatic N) is 5. The van der Waals surface area contributed by atoms with E-state index in [1.54, 1.807) is 6.33 Å². The van der Waals surface area contributed by atoms with E-state index in [0.29, 0.717) is 17.0 Å². The van der Waals surface area contributed by atoms with Crippen molar-refractivity contribution in [2.24, 2.45) is 0 Å². The first-order valence-corrected chi connectivity index (χ1v) is 10.5. The van der Waals surface area contributed by atoms with Crippen LogP contribution in [0.5, 0.6) is 0 Å². The number of hydrogen-bond donors (Lipinski definition) is 1. The van der Waals surface area contributed by atoms with Crippen molar-refractivity contribution < 1.29 is 4.74 Å². The molecular weight excluding hydrogens is 388 g/mol. The van der Waals surface area contributed by atoms with Gasteiger partial charge in [-0.25, -0.2) is 4.98 Å². The van der Waals surface area contributed by atoms with Gasteiger partial charge in [0, 0.05) is 6.61 Å². The lowest BCUT2D eigenvalue weighted by molar-refractivity contribution is -0.0298. The van der Waals surface area contributed by atoms with Gasteiger partial charge in [-0.05, 0) is 30.4 Å². The molecule has 1 atom stereocenters. The molecule has 0 saturated carbocycles. The first kappa shape index (κ1) is 19.2. The van der Waals surface area contributed by atoms with Gasteiger partial charge in [-0.1, -0.05) is 60.7 Å². The van der Waals surface area contributed by atoms with Gasteiger partial charge >= 0.3 is 0 Å². The van der Waals surface area contributed by atoms with Crippen molar-refractivity contribution in [2.45, 2.75) is 31.5 Å². The Kier molecular flexibility index (Phi) is 5.29. The molecule has 1 N–H and O–H groups in total. The maximum absolute atomic E-state index is 9.56. The molecule has 4 aromatic rings. The predicted octanol–water partition coefficient (Wildman–Crippen LogP) is 4.60. The lowest BCUT2D eigenvalue weighted by Gasteiger charge is -2.24. The predicted molar refractivity (Wildman–Crippen MR) is 117 cm³/mol. The fraction of sp³-hybridized carbons (Fsp3) is 0.250. The number of nitriles is 1. The normalized spacial score (nSPS) is 16.3. The van der Waals surface area contributed by atoms with Gasteiger partial charge in [-0.3, -0.25) is 4.57 Å². The monoisotopic (exact) mass is 410 g/mol. The molecule has 154 valence electrons. The third kappa shape index (κ3) is 3.86. The van der Waals surface area contributed by atoms with E-state index in [0.717, 1.165) is 37.0 Å². The highest BCUT2D eigenvalue weighted by Crippen LogP contribution is 2.31. The first-order valence-electron chi connectivity index (χ1n) is 10.5. The number of benzene rings is 2. The average molecular weight is 410 g/mol. The highest BCUT2D eigenvalue weighted by Gasteiger charge is 2.23. The van der Waals surface area contributed by atoms with E-state index < -0.39 is 0 Å². The molecule has 3 heterocycles. The van der Waals surface area contributed by atoms with Gasteiger partial charge in [0.1, 0.15) is 12.3 Å². The van der Waals surface area contributed by atoms with Crippen LogP contribution in [0.2, 0.25) is 0 Å². The summed E-state index contributed by atoms with van der Waals surface area (Å²) in [7, 11) is 0. The Hall–Kier alpha value is -3.76. The molecule has 0 spiro atoms. The van der Waals surface area contributed by atoms with E-state index >= 15 is 0 Å². The molecule has 2 aromatic heterocycles. The Morgan fingerprint density at radius 2 is 1.71 bits per heavy atom. The Morgan fingerprint density at radius 1 is 1.00 bits per heavy atom. The van der Waals surface area contributed by atoms with Gasteiger partial charge in [-0.15, -0.1) is 0 Å². The zero-order valence-corrected chi connectivity index (χ0v) is 17.0. The van der Waals surface area contributed by atoms with Crippen molar-refractivity contribution in [1.29, 1.82) is 5.26 Å². The standard InChI is InChI=1S/C24H22N6O/c25-15-19-27-23(22-24(28-19)30(16-26-22)20-13-7-8-14-31-20)29-21(17-9-3-1-4-10-17)18-11-5-2-6-12-18/h1-6,9-12,16,20-21H,7-8,13-14H2,(H,27,28,29). The van der Waals surface area contributed by atoms with Crippen molar-refractivity contribution >= 4 is 17.0 Å². The van der Waals surface area contributed by atoms with Crippen LogP contribution in [0.25, 0.3) is 11.2 Å².